The fourth-order valence-corrected chi connectivity index (χ4v) is 2.02. The van der Waals surface area contributed by atoms with Crippen LogP contribution in [0.2, 0.25) is 5.02 Å². The maximum atomic E-state index is 12.2. The summed E-state index contributed by atoms with van der Waals surface area (Å²) in [5, 5.41) is 6.38. The summed E-state index contributed by atoms with van der Waals surface area (Å²) in [6, 6.07) is 12.8. The van der Waals surface area contributed by atoms with Crippen molar-refractivity contribution in [3.8, 4) is 0 Å². The average Bonchev–Trinajstić information content (AvgIpc) is 2.38. The SMILES string of the molecule is CNc1ccc(Cl)cc1C(=O)Nc1cccc(C)c1. The van der Waals surface area contributed by atoms with E-state index in [9.17, 15) is 4.79 Å². The largest absolute Gasteiger partial charge is 0.387 e. The number of hydrogen-bond acceptors (Lipinski definition) is 2. The summed E-state index contributed by atoms with van der Waals surface area (Å²) in [6.45, 7) is 1.98. The lowest BCUT2D eigenvalue weighted by molar-refractivity contribution is 0.102. The average molecular weight is 275 g/mol. The van der Waals surface area contributed by atoms with Crippen LogP contribution in [-0.4, -0.2) is 13.0 Å². The second-order valence-corrected chi connectivity index (χ2v) is 4.70. The molecule has 19 heavy (non-hydrogen) atoms. The first kappa shape index (κ1) is 13.4. The third kappa shape index (κ3) is 3.26. The van der Waals surface area contributed by atoms with Gasteiger partial charge in [-0.2, -0.15) is 0 Å². The number of rotatable bonds is 3. The molecule has 0 unspecified atom stereocenters. The van der Waals surface area contributed by atoms with Crippen LogP contribution in [0.25, 0.3) is 0 Å². The Bertz CT molecular complexity index is 611. The van der Waals surface area contributed by atoms with E-state index in [1.165, 1.54) is 0 Å². The third-order valence-electron chi connectivity index (χ3n) is 2.77. The van der Waals surface area contributed by atoms with Gasteiger partial charge < -0.3 is 10.6 Å². The Morgan fingerprint density at radius 2 is 1.95 bits per heavy atom. The fourth-order valence-electron chi connectivity index (χ4n) is 1.84. The van der Waals surface area contributed by atoms with Gasteiger partial charge in [-0.3, -0.25) is 4.79 Å². The first-order chi connectivity index (χ1) is 9.10. The minimum absolute atomic E-state index is 0.183. The highest BCUT2D eigenvalue weighted by Crippen LogP contribution is 2.21. The van der Waals surface area contributed by atoms with Crippen LogP contribution in [0.15, 0.2) is 42.5 Å². The van der Waals surface area contributed by atoms with Crippen molar-refractivity contribution in [2.75, 3.05) is 17.7 Å². The van der Waals surface area contributed by atoms with E-state index >= 15 is 0 Å². The molecule has 0 aliphatic heterocycles. The number of anilines is 2. The van der Waals surface area contributed by atoms with Crippen LogP contribution >= 0.6 is 11.6 Å². The van der Waals surface area contributed by atoms with Gasteiger partial charge in [-0.15, -0.1) is 0 Å². The van der Waals surface area contributed by atoms with E-state index in [2.05, 4.69) is 10.6 Å². The molecule has 98 valence electrons. The number of halogens is 1. The van der Waals surface area contributed by atoms with Crippen LogP contribution in [-0.2, 0) is 0 Å². The van der Waals surface area contributed by atoms with Gasteiger partial charge in [-0.25, -0.2) is 0 Å². The number of benzene rings is 2. The number of carbonyl (C=O) groups is 1. The lowest BCUT2D eigenvalue weighted by atomic mass is 10.1. The Labute approximate surface area is 117 Å². The predicted octanol–water partition coefficient (Wildman–Crippen LogP) is 3.94. The first-order valence-corrected chi connectivity index (χ1v) is 6.33. The monoisotopic (exact) mass is 274 g/mol. The van der Waals surface area contributed by atoms with Crippen molar-refractivity contribution in [1.29, 1.82) is 0 Å². The van der Waals surface area contributed by atoms with E-state index in [0.29, 0.717) is 10.6 Å². The maximum Gasteiger partial charge on any atom is 0.257 e. The van der Waals surface area contributed by atoms with E-state index in [-0.39, 0.29) is 5.91 Å². The van der Waals surface area contributed by atoms with Gasteiger partial charge in [0.25, 0.3) is 5.91 Å². The number of hydrogen-bond donors (Lipinski definition) is 2. The Kier molecular flexibility index (Phi) is 4.07. The molecule has 0 saturated heterocycles. The molecule has 0 radical (unpaired) electrons. The van der Waals surface area contributed by atoms with Crippen molar-refractivity contribution in [3.63, 3.8) is 0 Å². The summed E-state index contributed by atoms with van der Waals surface area (Å²) in [5.41, 5.74) is 3.14. The fraction of sp³-hybridized carbons (Fsp3) is 0.133. The smallest absolute Gasteiger partial charge is 0.257 e. The molecule has 0 aromatic heterocycles. The van der Waals surface area contributed by atoms with Gasteiger partial charge in [0.05, 0.1) is 5.56 Å². The van der Waals surface area contributed by atoms with E-state index in [0.717, 1.165) is 16.9 Å². The summed E-state index contributed by atoms with van der Waals surface area (Å²) < 4.78 is 0. The molecule has 1 amide bonds. The first-order valence-electron chi connectivity index (χ1n) is 5.95. The molecule has 4 heteroatoms. The Hall–Kier alpha value is -2.00. The summed E-state index contributed by atoms with van der Waals surface area (Å²) in [6.07, 6.45) is 0. The highest BCUT2D eigenvalue weighted by atomic mass is 35.5. The molecule has 0 saturated carbocycles. The van der Waals surface area contributed by atoms with Crippen molar-refractivity contribution in [1.82, 2.24) is 0 Å². The molecule has 2 rings (SSSR count). The molecule has 0 aliphatic carbocycles. The lowest BCUT2D eigenvalue weighted by Crippen LogP contribution is -2.14. The molecule has 2 N–H and O–H groups in total. The van der Waals surface area contributed by atoms with E-state index in [4.69, 9.17) is 11.6 Å². The van der Waals surface area contributed by atoms with Gasteiger partial charge in [0, 0.05) is 23.4 Å². The minimum Gasteiger partial charge on any atom is -0.387 e. The zero-order valence-corrected chi connectivity index (χ0v) is 11.6. The predicted molar refractivity (Wildman–Crippen MR) is 80.1 cm³/mol. The van der Waals surface area contributed by atoms with Gasteiger partial charge in [0.1, 0.15) is 0 Å². The second kappa shape index (κ2) is 5.76. The molecule has 0 aliphatic rings. The van der Waals surface area contributed by atoms with Crippen LogP contribution in [0.5, 0.6) is 0 Å². The number of nitrogens with one attached hydrogen (secondary N) is 2. The van der Waals surface area contributed by atoms with Crippen molar-refractivity contribution in [2.24, 2.45) is 0 Å². The maximum absolute atomic E-state index is 12.2. The lowest BCUT2D eigenvalue weighted by Gasteiger charge is -2.10. The second-order valence-electron chi connectivity index (χ2n) is 4.26. The zero-order valence-electron chi connectivity index (χ0n) is 10.8. The normalized spacial score (nSPS) is 10.1. The summed E-state index contributed by atoms with van der Waals surface area (Å²) in [5.74, 6) is -0.183. The van der Waals surface area contributed by atoms with E-state index in [1.54, 1.807) is 25.2 Å². The Morgan fingerprint density at radius 1 is 1.16 bits per heavy atom. The molecule has 0 fully saturated rings. The number of aryl methyl sites for hydroxylation is 1. The van der Waals surface area contributed by atoms with Gasteiger partial charge >= 0.3 is 0 Å². The third-order valence-corrected chi connectivity index (χ3v) is 3.01. The van der Waals surface area contributed by atoms with Crippen LogP contribution in [0.1, 0.15) is 15.9 Å². The quantitative estimate of drug-likeness (QED) is 0.890. The van der Waals surface area contributed by atoms with Crippen LogP contribution < -0.4 is 10.6 Å². The van der Waals surface area contributed by atoms with Gasteiger partial charge in [-0.1, -0.05) is 23.7 Å². The van der Waals surface area contributed by atoms with Crippen LogP contribution in [0.3, 0.4) is 0 Å². The van der Waals surface area contributed by atoms with E-state index in [1.807, 2.05) is 31.2 Å². The van der Waals surface area contributed by atoms with Crippen molar-refractivity contribution < 1.29 is 4.79 Å². The molecule has 0 bridgehead atoms. The summed E-state index contributed by atoms with van der Waals surface area (Å²) in [4.78, 5) is 12.2. The summed E-state index contributed by atoms with van der Waals surface area (Å²) >= 11 is 5.94. The van der Waals surface area contributed by atoms with Crippen molar-refractivity contribution >= 4 is 28.9 Å². The standard InChI is InChI=1S/C15H15ClN2O/c1-10-4-3-5-12(8-10)18-15(19)13-9-11(16)6-7-14(13)17-2/h3-9,17H,1-2H3,(H,18,19). The van der Waals surface area contributed by atoms with Gasteiger partial charge in [0.15, 0.2) is 0 Å². The van der Waals surface area contributed by atoms with Crippen LogP contribution in [0.4, 0.5) is 11.4 Å². The van der Waals surface area contributed by atoms with Gasteiger partial charge in [-0.05, 0) is 42.8 Å². The highest BCUT2D eigenvalue weighted by Gasteiger charge is 2.11. The molecule has 2 aromatic carbocycles. The van der Waals surface area contributed by atoms with Gasteiger partial charge in [0.2, 0.25) is 0 Å². The molecular weight excluding hydrogens is 260 g/mol. The topological polar surface area (TPSA) is 41.1 Å². The minimum atomic E-state index is -0.183. The molecule has 0 atom stereocenters. The molecule has 0 spiro atoms. The number of amides is 1. The van der Waals surface area contributed by atoms with Crippen molar-refractivity contribution in [2.45, 2.75) is 6.92 Å². The van der Waals surface area contributed by atoms with Crippen molar-refractivity contribution in [3.05, 3.63) is 58.6 Å². The highest BCUT2D eigenvalue weighted by molar-refractivity contribution is 6.31. The Balaban J connectivity index is 2.27. The summed E-state index contributed by atoms with van der Waals surface area (Å²) in [7, 11) is 1.77. The van der Waals surface area contributed by atoms with E-state index < -0.39 is 0 Å². The molecule has 0 heterocycles. The number of carbonyl (C=O) groups excluding carboxylic acids is 1. The Morgan fingerprint density at radius 3 is 2.63 bits per heavy atom. The van der Waals surface area contributed by atoms with Crippen LogP contribution in [0, 0.1) is 6.92 Å². The molecular formula is C15H15ClN2O. The molecule has 2 aromatic rings. The zero-order chi connectivity index (χ0) is 13.8. The molecule has 3 nitrogen and oxygen atoms in total.